The molecule has 17 heteroatoms. The molecule has 1 heterocycles. The van der Waals surface area contributed by atoms with Gasteiger partial charge in [0.1, 0.15) is 17.2 Å². The zero-order valence-corrected chi connectivity index (χ0v) is 24.5. The third-order valence-electron chi connectivity index (χ3n) is 7.28. The summed E-state index contributed by atoms with van der Waals surface area (Å²) in [6.07, 6.45) is 2.22. The summed E-state index contributed by atoms with van der Waals surface area (Å²) in [6, 6.07) is 11.2. The molecule has 3 aromatic rings. The molecule has 242 valence electrons. The number of nitrogens with one attached hydrogen (secondary N) is 1. The SMILES string of the molecule is O=[N+]([O-])c1ccc(O)c(C=NCCNCCN2CCN(CCN=Cc3cc([N+](=O)[O-])ccc3O)[C@H]2c2cc([N+](=O)[O-])ccc2O)c1. The van der Waals surface area contributed by atoms with Gasteiger partial charge < -0.3 is 20.6 Å². The van der Waals surface area contributed by atoms with Gasteiger partial charge in [0, 0.05) is 105 Å². The van der Waals surface area contributed by atoms with E-state index in [-0.39, 0.29) is 52.0 Å². The van der Waals surface area contributed by atoms with Crippen LogP contribution in [-0.2, 0) is 0 Å². The summed E-state index contributed by atoms with van der Waals surface area (Å²) in [4.78, 5) is 44.5. The van der Waals surface area contributed by atoms with Gasteiger partial charge in [0.15, 0.2) is 0 Å². The van der Waals surface area contributed by atoms with E-state index in [0.717, 1.165) is 0 Å². The molecule has 46 heavy (non-hydrogen) atoms. The van der Waals surface area contributed by atoms with Crippen LogP contribution in [-0.4, -0.2) is 105 Å². The minimum absolute atomic E-state index is 0.0933. The minimum atomic E-state index is -0.570. The predicted molar refractivity (Wildman–Crippen MR) is 168 cm³/mol. The fourth-order valence-electron chi connectivity index (χ4n) is 4.98. The normalized spacial score (nSPS) is 15.6. The van der Waals surface area contributed by atoms with Crippen LogP contribution in [0.1, 0.15) is 22.9 Å². The summed E-state index contributed by atoms with van der Waals surface area (Å²) in [5, 5.41) is 67.4. The molecule has 0 aromatic heterocycles. The molecule has 0 amide bonds. The molecule has 0 saturated carbocycles. The van der Waals surface area contributed by atoms with Crippen molar-refractivity contribution in [3.63, 3.8) is 0 Å². The van der Waals surface area contributed by atoms with E-state index in [1.807, 2.05) is 4.90 Å². The maximum atomic E-state index is 11.5. The first-order valence-corrected chi connectivity index (χ1v) is 14.2. The largest absolute Gasteiger partial charge is 0.508 e. The average Bonchev–Trinajstić information content (AvgIpc) is 3.42. The van der Waals surface area contributed by atoms with Crippen molar-refractivity contribution in [1.82, 2.24) is 15.1 Å². The Kier molecular flexibility index (Phi) is 11.2. The number of aromatic hydroxyl groups is 3. The van der Waals surface area contributed by atoms with Crippen molar-refractivity contribution in [2.24, 2.45) is 9.98 Å². The Bertz CT molecular complexity index is 1650. The third-order valence-corrected chi connectivity index (χ3v) is 7.28. The van der Waals surface area contributed by atoms with Crippen molar-refractivity contribution < 1.29 is 30.1 Å². The Morgan fingerprint density at radius 3 is 1.72 bits per heavy atom. The Labute approximate surface area is 262 Å². The highest BCUT2D eigenvalue weighted by molar-refractivity contribution is 5.85. The average molecular weight is 637 g/mol. The van der Waals surface area contributed by atoms with Gasteiger partial charge in [-0.1, -0.05) is 0 Å². The molecule has 1 atom stereocenters. The molecule has 4 rings (SSSR count). The molecular weight excluding hydrogens is 604 g/mol. The van der Waals surface area contributed by atoms with Crippen molar-refractivity contribution >= 4 is 29.5 Å². The van der Waals surface area contributed by atoms with Crippen molar-refractivity contribution in [1.29, 1.82) is 0 Å². The van der Waals surface area contributed by atoms with Crippen LogP contribution in [0.5, 0.6) is 17.2 Å². The third kappa shape index (κ3) is 8.56. The van der Waals surface area contributed by atoms with Gasteiger partial charge in [0.05, 0.1) is 34.0 Å². The van der Waals surface area contributed by atoms with E-state index in [1.165, 1.54) is 67.0 Å². The lowest BCUT2D eigenvalue weighted by Gasteiger charge is -2.31. The Hall–Kier alpha value is -5.52. The van der Waals surface area contributed by atoms with E-state index in [2.05, 4.69) is 20.2 Å². The molecule has 4 N–H and O–H groups in total. The fourth-order valence-corrected chi connectivity index (χ4v) is 4.98. The van der Waals surface area contributed by atoms with Gasteiger partial charge in [-0.05, 0) is 18.2 Å². The Morgan fingerprint density at radius 1 is 0.696 bits per heavy atom. The number of hydrogen-bond donors (Lipinski definition) is 4. The molecule has 17 nitrogen and oxygen atoms in total. The molecule has 1 aliphatic rings. The van der Waals surface area contributed by atoms with Gasteiger partial charge in [-0.15, -0.1) is 0 Å². The number of aliphatic imine (C=N–C) groups is 2. The Morgan fingerprint density at radius 2 is 1.17 bits per heavy atom. The van der Waals surface area contributed by atoms with Crippen LogP contribution in [0.3, 0.4) is 0 Å². The monoisotopic (exact) mass is 636 g/mol. The summed E-state index contributed by atoms with van der Waals surface area (Å²) in [7, 11) is 0. The summed E-state index contributed by atoms with van der Waals surface area (Å²) >= 11 is 0. The fraction of sp³-hybridized carbons (Fsp3) is 0.310. The number of nitro benzene ring substituents is 3. The first-order valence-electron chi connectivity index (χ1n) is 14.2. The number of non-ortho nitro benzene ring substituents is 3. The molecule has 0 spiro atoms. The second-order valence-electron chi connectivity index (χ2n) is 10.3. The van der Waals surface area contributed by atoms with Crippen LogP contribution in [0.15, 0.2) is 64.6 Å². The van der Waals surface area contributed by atoms with Crippen molar-refractivity contribution in [3.8, 4) is 17.2 Å². The number of rotatable bonds is 15. The van der Waals surface area contributed by atoms with E-state index < -0.39 is 20.9 Å². The molecule has 0 unspecified atom stereocenters. The highest BCUT2D eigenvalue weighted by Gasteiger charge is 2.35. The number of benzene rings is 3. The lowest BCUT2D eigenvalue weighted by molar-refractivity contribution is -0.385. The molecule has 0 aliphatic carbocycles. The van der Waals surface area contributed by atoms with E-state index in [4.69, 9.17) is 0 Å². The van der Waals surface area contributed by atoms with Gasteiger partial charge >= 0.3 is 0 Å². The van der Waals surface area contributed by atoms with Gasteiger partial charge in [0.25, 0.3) is 17.1 Å². The van der Waals surface area contributed by atoms with E-state index in [0.29, 0.717) is 51.4 Å². The lowest BCUT2D eigenvalue weighted by Crippen LogP contribution is -2.36. The standard InChI is InChI=1S/C29H32N8O9/c38-26-4-1-22(35(41)42)15-20(26)18-31-8-7-30-9-11-33-13-14-34(29(33)25-17-24(37(45)46)3-6-28(25)40)12-10-32-19-21-16-23(36(43)44)2-5-27(21)39/h1-6,15-19,29-30,38-40H,7-14H2/t29-/m0/s1. The Balaban J connectivity index is 1.38. The first kappa shape index (κ1) is 33.4. The second-order valence-corrected chi connectivity index (χ2v) is 10.3. The van der Waals surface area contributed by atoms with Crippen LogP contribution in [0.2, 0.25) is 0 Å². The van der Waals surface area contributed by atoms with Crippen LogP contribution in [0.25, 0.3) is 0 Å². The topological polar surface area (TPSA) is 233 Å². The van der Waals surface area contributed by atoms with Crippen LogP contribution < -0.4 is 5.32 Å². The summed E-state index contributed by atoms with van der Waals surface area (Å²) < 4.78 is 0. The van der Waals surface area contributed by atoms with Gasteiger partial charge in [-0.25, -0.2) is 0 Å². The van der Waals surface area contributed by atoms with E-state index >= 15 is 0 Å². The molecule has 0 bridgehead atoms. The quantitative estimate of drug-likeness (QED) is 0.0816. The van der Waals surface area contributed by atoms with Crippen molar-refractivity contribution in [2.75, 3.05) is 52.4 Å². The number of nitro groups is 3. The van der Waals surface area contributed by atoms with Crippen molar-refractivity contribution in [3.05, 3.63) is 102 Å². The molecule has 1 saturated heterocycles. The van der Waals surface area contributed by atoms with Crippen LogP contribution >= 0.6 is 0 Å². The second kappa shape index (κ2) is 15.5. The number of nitrogens with zero attached hydrogens (tertiary/aromatic N) is 7. The zero-order chi connectivity index (χ0) is 33.2. The molecule has 1 aliphatic heterocycles. The minimum Gasteiger partial charge on any atom is -0.508 e. The van der Waals surface area contributed by atoms with Crippen LogP contribution in [0, 0.1) is 30.3 Å². The number of hydrogen-bond acceptors (Lipinski definition) is 14. The van der Waals surface area contributed by atoms with Crippen LogP contribution in [0.4, 0.5) is 17.1 Å². The smallest absolute Gasteiger partial charge is 0.270 e. The summed E-state index contributed by atoms with van der Waals surface area (Å²) in [5.74, 6) is -0.366. The molecule has 0 radical (unpaired) electrons. The molecule has 3 aromatic carbocycles. The summed E-state index contributed by atoms with van der Waals surface area (Å²) in [5.41, 5.74) is 0.297. The van der Waals surface area contributed by atoms with Gasteiger partial charge in [-0.3, -0.25) is 50.1 Å². The van der Waals surface area contributed by atoms with Gasteiger partial charge in [-0.2, -0.15) is 0 Å². The summed E-state index contributed by atoms with van der Waals surface area (Å²) in [6.45, 7) is 3.64. The van der Waals surface area contributed by atoms with Gasteiger partial charge in [0.2, 0.25) is 0 Å². The zero-order valence-electron chi connectivity index (χ0n) is 24.5. The first-order chi connectivity index (χ1) is 22.0. The maximum absolute atomic E-state index is 11.5. The molecule has 1 fully saturated rings. The highest BCUT2D eigenvalue weighted by atomic mass is 16.6. The van der Waals surface area contributed by atoms with Crippen molar-refractivity contribution in [2.45, 2.75) is 6.17 Å². The predicted octanol–water partition coefficient (Wildman–Crippen LogP) is 2.97. The maximum Gasteiger partial charge on any atom is 0.270 e. The highest BCUT2D eigenvalue weighted by Crippen LogP contribution is 2.37. The lowest BCUT2D eigenvalue weighted by atomic mass is 10.1. The van der Waals surface area contributed by atoms with E-state index in [1.54, 1.807) is 0 Å². The number of phenolic OH excluding ortho intramolecular Hbond substituents is 3. The molecular formula is C29H32N8O9. The number of phenols is 3. The van der Waals surface area contributed by atoms with E-state index in [9.17, 15) is 45.7 Å².